The molecule has 3 aromatic rings. The largest absolute Gasteiger partial charge is 0.416 e. The van der Waals surface area contributed by atoms with Gasteiger partial charge in [-0.15, -0.1) is 15.3 Å². The maximum Gasteiger partial charge on any atom is 0.416 e. The Hall–Kier alpha value is -3.63. The number of amides is 2. The number of hydrogen-bond donors (Lipinski definition) is 2. The van der Waals surface area contributed by atoms with E-state index < -0.39 is 48.9 Å². The molecule has 2 aromatic heterocycles. The topological polar surface area (TPSA) is 115 Å². The first kappa shape index (κ1) is 28.9. The summed E-state index contributed by atoms with van der Waals surface area (Å²) in [6, 6.07) is 4.50. The van der Waals surface area contributed by atoms with Crippen LogP contribution in [0, 0.1) is 0 Å². The van der Waals surface area contributed by atoms with Gasteiger partial charge in [0, 0.05) is 19.5 Å². The molecule has 0 saturated heterocycles. The summed E-state index contributed by atoms with van der Waals surface area (Å²) in [6.07, 6.45) is -10.4. The molecule has 0 aliphatic rings. The van der Waals surface area contributed by atoms with Gasteiger partial charge < -0.3 is 10.6 Å². The number of aryl methyl sites for hydroxylation is 1. The number of carbonyl (C=O) groups is 2. The quantitative estimate of drug-likeness (QED) is 0.342. The Balaban J connectivity index is 1.43. The molecule has 0 fully saturated rings. The van der Waals surface area contributed by atoms with Gasteiger partial charge >= 0.3 is 12.4 Å². The minimum absolute atomic E-state index is 0.0418. The molecule has 0 aliphatic heterocycles. The van der Waals surface area contributed by atoms with Crippen LogP contribution in [-0.2, 0) is 25.7 Å². The second kappa shape index (κ2) is 12.3. The molecule has 1 aromatic carbocycles. The summed E-state index contributed by atoms with van der Waals surface area (Å²) in [5.74, 6) is -1.52. The number of alkyl halides is 7. The van der Waals surface area contributed by atoms with Crippen LogP contribution < -0.4 is 10.6 Å². The van der Waals surface area contributed by atoms with Crippen LogP contribution in [0.15, 0.2) is 30.5 Å². The number of hydrogen-bond acceptors (Lipinski definition) is 7. The molecule has 0 aliphatic carbocycles. The molecule has 17 heteroatoms. The Kier molecular flexibility index (Phi) is 9.35. The summed E-state index contributed by atoms with van der Waals surface area (Å²) in [6.45, 7) is -1.08. The summed E-state index contributed by atoms with van der Waals surface area (Å²) in [5, 5.41) is 19.4. The van der Waals surface area contributed by atoms with Crippen LogP contribution in [0.2, 0.25) is 0 Å². The van der Waals surface area contributed by atoms with E-state index in [2.05, 4.69) is 25.8 Å². The smallest absolute Gasteiger partial charge is 0.350 e. The van der Waals surface area contributed by atoms with E-state index in [1.54, 1.807) is 0 Å². The average Bonchev–Trinajstić information content (AvgIpc) is 3.50. The molecule has 2 amide bonds. The van der Waals surface area contributed by atoms with Gasteiger partial charge in [0.05, 0.1) is 24.7 Å². The van der Waals surface area contributed by atoms with Gasteiger partial charge in [-0.3, -0.25) is 9.59 Å². The van der Waals surface area contributed by atoms with E-state index in [4.69, 9.17) is 0 Å². The van der Waals surface area contributed by atoms with Gasteiger partial charge in [0.25, 0.3) is 11.8 Å². The molecule has 1 atom stereocenters. The lowest BCUT2D eigenvalue weighted by atomic mass is 10.1. The first-order valence-electron chi connectivity index (χ1n) is 11.0. The van der Waals surface area contributed by atoms with Gasteiger partial charge in [0.15, 0.2) is 5.69 Å². The Morgan fingerprint density at radius 2 is 1.79 bits per heavy atom. The molecule has 3 rings (SSSR count). The highest BCUT2D eigenvalue weighted by Crippen LogP contribution is 2.29. The van der Waals surface area contributed by atoms with Crippen molar-refractivity contribution >= 4 is 23.2 Å². The number of carbonyl (C=O) groups excluding carboxylic acids is 2. The molecule has 206 valence electrons. The van der Waals surface area contributed by atoms with Gasteiger partial charge in [-0.25, -0.2) is 9.07 Å². The highest BCUT2D eigenvalue weighted by atomic mass is 32.1. The zero-order valence-corrected chi connectivity index (χ0v) is 20.1. The SMILES string of the molecule is O=C(NCCC(F)(F)F)c1cn(CC(F)CCc2nnc(C(=O)NCc3cccc(C(F)(F)F)c3)s2)nn1. The Labute approximate surface area is 214 Å². The van der Waals surface area contributed by atoms with Crippen LogP contribution in [0.1, 0.15) is 49.3 Å². The maximum absolute atomic E-state index is 14.4. The van der Waals surface area contributed by atoms with Crippen molar-refractivity contribution in [1.29, 1.82) is 0 Å². The Morgan fingerprint density at radius 1 is 1.03 bits per heavy atom. The number of benzene rings is 1. The van der Waals surface area contributed by atoms with Crippen LogP contribution in [0.25, 0.3) is 0 Å². The molecule has 0 spiro atoms. The number of nitrogens with one attached hydrogen (secondary N) is 2. The third-order valence-electron chi connectivity index (χ3n) is 4.89. The lowest BCUT2D eigenvalue weighted by Crippen LogP contribution is -2.28. The summed E-state index contributed by atoms with van der Waals surface area (Å²) in [5.41, 5.74) is -0.855. The average molecular weight is 567 g/mol. The number of aromatic nitrogens is 5. The van der Waals surface area contributed by atoms with Crippen molar-refractivity contribution in [1.82, 2.24) is 35.8 Å². The maximum atomic E-state index is 14.4. The molecule has 38 heavy (non-hydrogen) atoms. The fourth-order valence-electron chi connectivity index (χ4n) is 3.04. The highest BCUT2D eigenvalue weighted by Gasteiger charge is 2.30. The summed E-state index contributed by atoms with van der Waals surface area (Å²) < 4.78 is 90.3. The van der Waals surface area contributed by atoms with E-state index in [1.165, 1.54) is 12.1 Å². The van der Waals surface area contributed by atoms with E-state index in [-0.39, 0.29) is 42.2 Å². The van der Waals surface area contributed by atoms with Crippen LogP contribution in [0.4, 0.5) is 30.7 Å². The van der Waals surface area contributed by atoms with Crippen molar-refractivity contribution in [3.05, 3.63) is 57.3 Å². The van der Waals surface area contributed by atoms with Crippen molar-refractivity contribution in [3.8, 4) is 0 Å². The zero-order valence-electron chi connectivity index (χ0n) is 19.3. The molecular formula is C21H20F7N7O2S. The molecule has 0 radical (unpaired) electrons. The molecule has 2 heterocycles. The van der Waals surface area contributed by atoms with Crippen LogP contribution in [-0.4, -0.2) is 55.9 Å². The molecular weight excluding hydrogens is 547 g/mol. The predicted octanol–water partition coefficient (Wildman–Crippen LogP) is 3.73. The summed E-state index contributed by atoms with van der Waals surface area (Å²) in [7, 11) is 0. The van der Waals surface area contributed by atoms with Gasteiger partial charge in [-0.1, -0.05) is 28.7 Å². The molecule has 0 saturated carbocycles. The van der Waals surface area contributed by atoms with Gasteiger partial charge in [-0.2, -0.15) is 26.3 Å². The van der Waals surface area contributed by atoms with E-state index in [9.17, 15) is 40.3 Å². The summed E-state index contributed by atoms with van der Waals surface area (Å²) in [4.78, 5) is 24.1. The fourth-order valence-corrected chi connectivity index (χ4v) is 3.81. The van der Waals surface area contributed by atoms with Crippen molar-refractivity contribution < 1.29 is 40.3 Å². The van der Waals surface area contributed by atoms with E-state index >= 15 is 0 Å². The minimum atomic E-state index is -4.51. The number of nitrogens with zero attached hydrogens (tertiary/aromatic N) is 5. The molecule has 1 unspecified atom stereocenters. The number of rotatable bonds is 11. The lowest BCUT2D eigenvalue weighted by Gasteiger charge is -2.09. The van der Waals surface area contributed by atoms with E-state index in [0.29, 0.717) is 5.01 Å². The van der Waals surface area contributed by atoms with Gasteiger partial charge in [0.2, 0.25) is 5.01 Å². The number of halogens is 7. The zero-order chi connectivity index (χ0) is 27.9. The third kappa shape index (κ3) is 9.04. The Morgan fingerprint density at radius 3 is 2.50 bits per heavy atom. The predicted molar refractivity (Wildman–Crippen MR) is 119 cm³/mol. The normalized spacial score (nSPS) is 12.8. The van der Waals surface area contributed by atoms with E-state index in [0.717, 1.165) is 34.3 Å². The van der Waals surface area contributed by atoms with Crippen molar-refractivity contribution in [3.63, 3.8) is 0 Å². The highest BCUT2D eigenvalue weighted by molar-refractivity contribution is 7.13. The lowest BCUT2D eigenvalue weighted by molar-refractivity contribution is -0.137. The molecule has 2 N–H and O–H groups in total. The minimum Gasteiger partial charge on any atom is -0.350 e. The van der Waals surface area contributed by atoms with Crippen molar-refractivity contribution in [2.45, 2.75) is 50.9 Å². The first-order chi connectivity index (χ1) is 17.8. The van der Waals surface area contributed by atoms with Crippen LogP contribution >= 0.6 is 11.3 Å². The summed E-state index contributed by atoms with van der Waals surface area (Å²) >= 11 is 0.900. The van der Waals surface area contributed by atoms with Crippen LogP contribution in [0.3, 0.4) is 0 Å². The van der Waals surface area contributed by atoms with Gasteiger partial charge in [0.1, 0.15) is 11.2 Å². The van der Waals surface area contributed by atoms with E-state index in [1.807, 2.05) is 5.32 Å². The fraction of sp³-hybridized carbons (Fsp3) is 0.429. The second-order valence-electron chi connectivity index (χ2n) is 7.96. The first-order valence-corrected chi connectivity index (χ1v) is 11.8. The Bertz CT molecular complexity index is 1240. The third-order valence-corrected chi connectivity index (χ3v) is 5.87. The molecule has 9 nitrogen and oxygen atoms in total. The van der Waals surface area contributed by atoms with Gasteiger partial charge in [-0.05, 0) is 24.1 Å². The standard InChI is InChI=1S/C21H20F7N7O2S/c22-14(10-35-11-15(31-34-35)17(36)29-7-6-20(23,24)25)4-5-16-32-33-19(38-16)18(37)30-9-12-2-1-3-13(8-12)21(26,27)28/h1-3,8,11,14H,4-7,9-10H2,(H,29,36)(H,30,37). The van der Waals surface area contributed by atoms with Crippen molar-refractivity contribution in [2.24, 2.45) is 0 Å². The molecule has 0 bridgehead atoms. The van der Waals surface area contributed by atoms with Crippen LogP contribution in [0.5, 0.6) is 0 Å². The second-order valence-corrected chi connectivity index (χ2v) is 9.03. The monoisotopic (exact) mass is 567 g/mol. The van der Waals surface area contributed by atoms with Crippen molar-refractivity contribution in [2.75, 3.05) is 6.54 Å².